The van der Waals surface area contributed by atoms with Crippen LogP contribution in [-0.2, 0) is 11.3 Å². The normalized spacial score (nSPS) is 14.9. The topological polar surface area (TPSA) is 78.4 Å². The monoisotopic (exact) mass is 423 g/mol. The van der Waals surface area contributed by atoms with Crippen LogP contribution in [0.3, 0.4) is 0 Å². The van der Waals surface area contributed by atoms with Gasteiger partial charge in [0.1, 0.15) is 5.69 Å². The van der Waals surface area contributed by atoms with Crippen LogP contribution in [-0.4, -0.2) is 63.8 Å². The van der Waals surface area contributed by atoms with Gasteiger partial charge in [0.05, 0.1) is 6.20 Å². The van der Waals surface area contributed by atoms with Crippen molar-refractivity contribution in [2.75, 3.05) is 26.2 Å². The van der Waals surface area contributed by atoms with E-state index in [1.165, 1.54) is 18.0 Å². The highest BCUT2D eigenvalue weighted by Gasteiger charge is 2.22. The molecule has 0 bridgehead atoms. The van der Waals surface area contributed by atoms with Crippen molar-refractivity contribution in [2.45, 2.75) is 51.6 Å². The number of rotatable bonds is 10. The summed E-state index contributed by atoms with van der Waals surface area (Å²) in [5.74, 6) is -0.154. The summed E-state index contributed by atoms with van der Waals surface area (Å²) in [5.41, 5.74) is 1.65. The molecule has 0 atom stereocenters. The van der Waals surface area contributed by atoms with Crippen molar-refractivity contribution < 1.29 is 9.59 Å². The predicted octanol–water partition coefficient (Wildman–Crippen LogP) is 2.89. The van der Waals surface area contributed by atoms with Gasteiger partial charge in [0.2, 0.25) is 5.91 Å². The first-order valence-corrected chi connectivity index (χ1v) is 11.3. The second-order valence-corrected chi connectivity index (χ2v) is 8.09. The van der Waals surface area contributed by atoms with E-state index in [9.17, 15) is 9.59 Å². The van der Waals surface area contributed by atoms with E-state index >= 15 is 0 Å². The number of nitrogens with one attached hydrogen (secondary N) is 1. The molecule has 0 aliphatic carbocycles. The summed E-state index contributed by atoms with van der Waals surface area (Å²) >= 11 is 0. The van der Waals surface area contributed by atoms with Crippen LogP contribution in [0.4, 0.5) is 0 Å². The molecule has 0 saturated carbocycles. The molecule has 1 N–H and O–H groups in total. The number of piperidine rings is 1. The summed E-state index contributed by atoms with van der Waals surface area (Å²) in [5, 5.41) is 3.16. The zero-order valence-electron chi connectivity index (χ0n) is 18.4. The Balaban J connectivity index is 1.42. The smallest absolute Gasteiger partial charge is 0.274 e. The van der Waals surface area contributed by atoms with Crippen molar-refractivity contribution in [2.24, 2.45) is 0 Å². The maximum absolute atomic E-state index is 12.7. The molecule has 0 radical (unpaired) electrons. The fraction of sp³-hybridized carbons (Fsp3) is 0.500. The Labute approximate surface area is 184 Å². The highest BCUT2D eigenvalue weighted by atomic mass is 16.2. The van der Waals surface area contributed by atoms with Crippen LogP contribution >= 0.6 is 0 Å². The number of carbonyl (C=O) groups excluding carboxylic acids is 2. The number of hydrogen-bond donors (Lipinski definition) is 1. The molecular weight excluding hydrogens is 390 g/mol. The molecule has 1 aromatic carbocycles. The number of hydrogen-bond acceptors (Lipinski definition) is 5. The molecule has 31 heavy (non-hydrogen) atoms. The van der Waals surface area contributed by atoms with Crippen LogP contribution in [0, 0.1) is 0 Å². The van der Waals surface area contributed by atoms with Crippen molar-refractivity contribution in [1.29, 1.82) is 0 Å². The van der Waals surface area contributed by atoms with Gasteiger partial charge in [-0.2, -0.15) is 0 Å². The summed E-state index contributed by atoms with van der Waals surface area (Å²) in [7, 11) is 0. The van der Waals surface area contributed by atoms with Gasteiger partial charge in [0.15, 0.2) is 0 Å². The molecule has 1 aliphatic rings. The Morgan fingerprint density at radius 2 is 1.90 bits per heavy atom. The number of aromatic nitrogens is 2. The van der Waals surface area contributed by atoms with Gasteiger partial charge >= 0.3 is 0 Å². The van der Waals surface area contributed by atoms with E-state index < -0.39 is 0 Å². The van der Waals surface area contributed by atoms with E-state index in [-0.39, 0.29) is 17.9 Å². The minimum Gasteiger partial charge on any atom is -0.353 e. The molecule has 1 aliphatic heterocycles. The van der Waals surface area contributed by atoms with Crippen molar-refractivity contribution in [3.8, 4) is 0 Å². The number of unbranched alkanes of at least 4 members (excludes halogenated alkanes) is 1. The Hall–Kier alpha value is -2.80. The summed E-state index contributed by atoms with van der Waals surface area (Å²) < 4.78 is 0. The molecule has 7 heteroatoms. The zero-order valence-corrected chi connectivity index (χ0v) is 18.4. The lowest BCUT2D eigenvalue weighted by atomic mass is 10.0. The minimum absolute atomic E-state index is 0.00922. The molecule has 2 heterocycles. The Morgan fingerprint density at radius 3 is 2.58 bits per heavy atom. The van der Waals surface area contributed by atoms with Crippen LogP contribution in [0.15, 0.2) is 48.9 Å². The maximum atomic E-state index is 12.7. The van der Waals surface area contributed by atoms with Crippen LogP contribution in [0.25, 0.3) is 0 Å². The molecule has 166 valence electrons. The second-order valence-electron chi connectivity index (χ2n) is 8.09. The predicted molar refractivity (Wildman–Crippen MR) is 120 cm³/mol. The van der Waals surface area contributed by atoms with Crippen molar-refractivity contribution in [3.63, 3.8) is 0 Å². The molecule has 1 aromatic heterocycles. The molecular formula is C24H33N5O2. The maximum Gasteiger partial charge on any atom is 0.274 e. The third-order valence-electron chi connectivity index (χ3n) is 5.66. The number of nitrogens with zero attached hydrogens (tertiary/aromatic N) is 4. The second kappa shape index (κ2) is 12.2. The first-order valence-electron chi connectivity index (χ1n) is 11.3. The number of benzene rings is 1. The van der Waals surface area contributed by atoms with Crippen LogP contribution < -0.4 is 5.32 Å². The first-order chi connectivity index (χ1) is 15.2. The molecule has 2 amide bonds. The van der Waals surface area contributed by atoms with E-state index in [1.54, 1.807) is 11.1 Å². The van der Waals surface area contributed by atoms with Crippen LogP contribution in [0.1, 0.15) is 55.1 Å². The molecule has 2 aromatic rings. The van der Waals surface area contributed by atoms with Gasteiger partial charge in [-0.05, 0) is 24.8 Å². The van der Waals surface area contributed by atoms with Gasteiger partial charge < -0.3 is 10.2 Å². The lowest BCUT2D eigenvalue weighted by molar-refractivity contribution is -0.122. The zero-order chi connectivity index (χ0) is 21.9. The van der Waals surface area contributed by atoms with E-state index in [2.05, 4.69) is 51.4 Å². The molecule has 3 rings (SSSR count). The third kappa shape index (κ3) is 7.43. The van der Waals surface area contributed by atoms with Gasteiger partial charge in [0.25, 0.3) is 5.91 Å². The van der Waals surface area contributed by atoms with Gasteiger partial charge in [-0.25, -0.2) is 4.98 Å². The fourth-order valence-corrected chi connectivity index (χ4v) is 3.85. The van der Waals surface area contributed by atoms with Gasteiger partial charge in [0, 0.05) is 57.6 Å². The Kier molecular flexibility index (Phi) is 8.97. The summed E-state index contributed by atoms with van der Waals surface area (Å²) in [6, 6.07) is 10.7. The van der Waals surface area contributed by atoms with Crippen LogP contribution in [0.5, 0.6) is 0 Å². The molecule has 0 unspecified atom stereocenters. The number of likely N-dealkylation sites (tertiary alicyclic amines) is 1. The number of amides is 2. The highest BCUT2D eigenvalue weighted by Crippen LogP contribution is 2.14. The molecule has 7 nitrogen and oxygen atoms in total. The molecule has 1 saturated heterocycles. The van der Waals surface area contributed by atoms with E-state index in [0.29, 0.717) is 25.2 Å². The SMILES string of the molecule is CCCCN(CCC(=O)NC1CCN(Cc2ccccc2)CC1)C(=O)c1cnccn1. The minimum atomic E-state index is -0.163. The van der Waals surface area contributed by atoms with E-state index in [0.717, 1.165) is 45.3 Å². The lowest BCUT2D eigenvalue weighted by Gasteiger charge is -2.32. The van der Waals surface area contributed by atoms with Crippen molar-refractivity contribution in [3.05, 3.63) is 60.2 Å². The van der Waals surface area contributed by atoms with Gasteiger partial charge in [-0.3, -0.25) is 19.5 Å². The largest absolute Gasteiger partial charge is 0.353 e. The highest BCUT2D eigenvalue weighted by molar-refractivity contribution is 5.92. The molecule has 1 fully saturated rings. The Morgan fingerprint density at radius 1 is 1.13 bits per heavy atom. The third-order valence-corrected chi connectivity index (χ3v) is 5.66. The number of carbonyl (C=O) groups is 2. The van der Waals surface area contributed by atoms with Crippen molar-refractivity contribution >= 4 is 11.8 Å². The lowest BCUT2D eigenvalue weighted by Crippen LogP contribution is -2.45. The average Bonchev–Trinajstić information content (AvgIpc) is 2.81. The fourth-order valence-electron chi connectivity index (χ4n) is 3.85. The van der Waals surface area contributed by atoms with Gasteiger partial charge in [-0.15, -0.1) is 0 Å². The summed E-state index contributed by atoms with van der Waals surface area (Å²) in [6.07, 6.45) is 8.64. The summed E-state index contributed by atoms with van der Waals surface area (Å²) in [6.45, 7) is 6.02. The van der Waals surface area contributed by atoms with Crippen molar-refractivity contribution in [1.82, 2.24) is 25.1 Å². The standard InChI is InChI=1S/C24H33N5O2/c1-2-3-14-29(24(31)22-18-25-12-13-26-22)17-11-23(30)27-21-9-15-28(16-10-21)19-20-7-5-4-6-8-20/h4-8,12-13,18,21H,2-3,9-11,14-17,19H2,1H3,(H,27,30). The Bertz CT molecular complexity index is 807. The van der Waals surface area contributed by atoms with Gasteiger partial charge in [-0.1, -0.05) is 43.7 Å². The first kappa shape index (κ1) is 22.9. The molecule has 0 spiro atoms. The van der Waals surface area contributed by atoms with Crippen LogP contribution in [0.2, 0.25) is 0 Å². The quantitative estimate of drug-likeness (QED) is 0.636. The summed E-state index contributed by atoms with van der Waals surface area (Å²) in [4.78, 5) is 37.5. The van der Waals surface area contributed by atoms with E-state index in [1.807, 2.05) is 6.07 Å². The van der Waals surface area contributed by atoms with E-state index in [4.69, 9.17) is 0 Å². The average molecular weight is 424 g/mol.